The second-order valence-electron chi connectivity index (χ2n) is 3.01. The third kappa shape index (κ3) is 3.46. The van der Waals surface area contributed by atoms with Gasteiger partial charge in [-0.3, -0.25) is 0 Å². The van der Waals surface area contributed by atoms with Crippen LogP contribution in [0.3, 0.4) is 0 Å². The van der Waals surface area contributed by atoms with E-state index >= 15 is 0 Å². The van der Waals surface area contributed by atoms with Crippen molar-refractivity contribution in [3.8, 4) is 0 Å². The number of nitrogens with zero attached hydrogens (tertiary/aromatic N) is 1. The van der Waals surface area contributed by atoms with Crippen LogP contribution in [0.1, 0.15) is 19.4 Å². The Hall–Kier alpha value is -0.383. The third-order valence-electron chi connectivity index (χ3n) is 2.16. The van der Waals surface area contributed by atoms with Gasteiger partial charge in [0.25, 0.3) is 0 Å². The van der Waals surface area contributed by atoms with E-state index < -0.39 is 0 Å². The van der Waals surface area contributed by atoms with E-state index in [1.165, 1.54) is 11.3 Å². The van der Waals surface area contributed by atoms with Crippen molar-refractivity contribution in [1.29, 1.82) is 0 Å². The molecule has 13 heavy (non-hydrogen) atoms. The Morgan fingerprint density at radius 3 is 1.85 bits per heavy atom. The van der Waals surface area contributed by atoms with Gasteiger partial charge in [-0.2, -0.15) is 0 Å². The van der Waals surface area contributed by atoms with Gasteiger partial charge in [0.1, 0.15) is 0 Å². The van der Waals surface area contributed by atoms with Gasteiger partial charge in [0.15, 0.2) is 0 Å². The molecule has 0 radical (unpaired) electrons. The van der Waals surface area contributed by atoms with Crippen molar-refractivity contribution in [2.24, 2.45) is 0 Å². The summed E-state index contributed by atoms with van der Waals surface area (Å²) < 4.78 is 0. The zero-order valence-corrected chi connectivity index (χ0v) is 9.17. The molecule has 1 nitrogen and oxygen atoms in total. The second kappa shape index (κ2) is 6.13. The van der Waals surface area contributed by atoms with Crippen molar-refractivity contribution in [2.45, 2.75) is 20.8 Å². The molecule has 0 amide bonds. The van der Waals surface area contributed by atoms with Gasteiger partial charge in [-0.25, -0.2) is 0 Å². The van der Waals surface area contributed by atoms with Crippen molar-refractivity contribution >= 4 is 5.69 Å². The number of aryl methyl sites for hydroxylation is 1. The van der Waals surface area contributed by atoms with Crippen molar-refractivity contribution in [1.82, 2.24) is 0 Å². The van der Waals surface area contributed by atoms with E-state index in [1.807, 2.05) is 0 Å². The van der Waals surface area contributed by atoms with E-state index in [-0.39, 0.29) is 18.9 Å². The van der Waals surface area contributed by atoms with Gasteiger partial charge in [0, 0.05) is 18.8 Å². The smallest absolute Gasteiger partial charge is 0.372 e. The molecule has 0 spiro atoms. The topological polar surface area (TPSA) is 3.24 Å². The molecular weight excluding hydrogens is 153 g/mol. The average molecular weight is 170 g/mol. The largest absolute Gasteiger partial charge is 1.00 e. The summed E-state index contributed by atoms with van der Waals surface area (Å²) in [6, 6.07) is 8.69. The Balaban J connectivity index is 0.00000144. The van der Waals surface area contributed by atoms with Crippen LogP contribution in [0.2, 0.25) is 0 Å². The number of benzene rings is 1. The fourth-order valence-corrected chi connectivity index (χ4v) is 1.34. The zero-order chi connectivity index (χ0) is 8.97. The van der Waals surface area contributed by atoms with Crippen LogP contribution in [0.5, 0.6) is 0 Å². The Bertz CT molecular complexity index is 226. The summed E-state index contributed by atoms with van der Waals surface area (Å²) in [4.78, 5) is 2.35. The van der Waals surface area contributed by atoms with Gasteiger partial charge in [-0.1, -0.05) is 17.7 Å². The van der Waals surface area contributed by atoms with Crippen LogP contribution in [0, 0.1) is 6.92 Å². The minimum atomic E-state index is 0. The molecule has 1 rings (SSSR count). The molecule has 0 aliphatic carbocycles. The first-order valence-electron chi connectivity index (χ1n) is 4.59. The summed E-state index contributed by atoms with van der Waals surface area (Å²) in [5.41, 5.74) is 2.65. The van der Waals surface area contributed by atoms with Crippen LogP contribution in [0.25, 0.3) is 0 Å². The standard InChI is InChI=1S/C11H17N.Li/c1-4-12(5-2)11-8-6-10(3)7-9-11;/h6-9H,4-5H2,1-3H3;/q;+1. The fourth-order valence-electron chi connectivity index (χ4n) is 1.34. The molecule has 0 fully saturated rings. The molecule has 0 aliphatic rings. The quantitative estimate of drug-likeness (QED) is 0.570. The first-order chi connectivity index (χ1) is 5.77. The zero-order valence-electron chi connectivity index (χ0n) is 9.17. The molecule has 0 atom stereocenters. The van der Waals surface area contributed by atoms with Gasteiger partial charge in [0.2, 0.25) is 0 Å². The molecule has 0 aliphatic heterocycles. The van der Waals surface area contributed by atoms with Gasteiger partial charge in [-0.05, 0) is 32.9 Å². The van der Waals surface area contributed by atoms with E-state index in [1.54, 1.807) is 0 Å². The number of rotatable bonds is 3. The maximum Gasteiger partial charge on any atom is 1.00 e. The number of anilines is 1. The molecule has 0 bridgehead atoms. The second-order valence-corrected chi connectivity index (χ2v) is 3.01. The molecule has 0 unspecified atom stereocenters. The van der Waals surface area contributed by atoms with Gasteiger partial charge in [0.05, 0.1) is 0 Å². The molecule has 0 saturated heterocycles. The summed E-state index contributed by atoms with van der Waals surface area (Å²) in [6.07, 6.45) is 0. The molecule has 0 saturated carbocycles. The summed E-state index contributed by atoms with van der Waals surface area (Å²) in [7, 11) is 0. The van der Waals surface area contributed by atoms with Crippen LogP contribution in [0.4, 0.5) is 5.69 Å². The molecule has 0 heterocycles. The van der Waals surface area contributed by atoms with Gasteiger partial charge >= 0.3 is 18.9 Å². The molecule has 0 N–H and O–H groups in total. The normalized spacial score (nSPS) is 9.15. The third-order valence-corrected chi connectivity index (χ3v) is 2.16. The summed E-state index contributed by atoms with van der Waals surface area (Å²) >= 11 is 0. The predicted molar refractivity (Wildman–Crippen MR) is 54.7 cm³/mol. The predicted octanol–water partition coefficient (Wildman–Crippen LogP) is -0.155. The van der Waals surface area contributed by atoms with Crippen LogP contribution in [-0.4, -0.2) is 13.1 Å². The Labute approximate surface area is 93.3 Å². The number of hydrogen-bond donors (Lipinski definition) is 0. The fraction of sp³-hybridized carbons (Fsp3) is 0.455. The maximum absolute atomic E-state index is 2.35. The summed E-state index contributed by atoms with van der Waals surface area (Å²) in [5, 5.41) is 0. The minimum absolute atomic E-state index is 0. The SMILES string of the molecule is CCN(CC)c1ccc(C)cc1.[Li+]. The summed E-state index contributed by atoms with van der Waals surface area (Å²) in [5.74, 6) is 0. The summed E-state index contributed by atoms with van der Waals surface area (Å²) in [6.45, 7) is 8.65. The van der Waals surface area contributed by atoms with Crippen LogP contribution < -0.4 is 23.8 Å². The molecule has 0 aromatic heterocycles. The van der Waals surface area contributed by atoms with Crippen molar-refractivity contribution in [2.75, 3.05) is 18.0 Å². The van der Waals surface area contributed by atoms with Crippen LogP contribution in [-0.2, 0) is 0 Å². The Morgan fingerprint density at radius 1 is 1.00 bits per heavy atom. The van der Waals surface area contributed by atoms with Crippen molar-refractivity contribution in [3.05, 3.63) is 29.8 Å². The Kier molecular flexibility index (Phi) is 5.95. The Morgan fingerprint density at radius 2 is 1.46 bits per heavy atom. The van der Waals surface area contributed by atoms with Crippen LogP contribution in [0.15, 0.2) is 24.3 Å². The molecule has 1 aromatic rings. The maximum atomic E-state index is 2.35. The molecule has 1 aromatic carbocycles. The first kappa shape index (κ1) is 12.6. The van der Waals surface area contributed by atoms with E-state index in [0.717, 1.165) is 13.1 Å². The van der Waals surface area contributed by atoms with Crippen LogP contribution >= 0.6 is 0 Å². The van der Waals surface area contributed by atoms with Crippen molar-refractivity contribution in [3.63, 3.8) is 0 Å². The number of hydrogen-bond acceptors (Lipinski definition) is 1. The molecular formula is C11H17LiN+. The first-order valence-corrected chi connectivity index (χ1v) is 4.59. The van der Waals surface area contributed by atoms with E-state index in [9.17, 15) is 0 Å². The average Bonchev–Trinajstić information content (AvgIpc) is 2.10. The molecule has 2 heteroatoms. The van der Waals surface area contributed by atoms with Gasteiger partial charge < -0.3 is 4.90 Å². The molecule has 66 valence electrons. The minimum Gasteiger partial charge on any atom is -0.372 e. The van der Waals surface area contributed by atoms with Crippen molar-refractivity contribution < 1.29 is 18.9 Å². The van der Waals surface area contributed by atoms with E-state index in [2.05, 4.69) is 49.9 Å². The monoisotopic (exact) mass is 170 g/mol. The van der Waals surface area contributed by atoms with Gasteiger partial charge in [-0.15, -0.1) is 0 Å². The van der Waals surface area contributed by atoms with E-state index in [0.29, 0.717) is 0 Å². The van der Waals surface area contributed by atoms with E-state index in [4.69, 9.17) is 0 Å².